The molecule has 26 heavy (non-hydrogen) atoms. The molecule has 7 nitrogen and oxygen atoms in total. The molecule has 0 saturated carbocycles. The van der Waals surface area contributed by atoms with Crippen LogP contribution in [0.25, 0.3) is 0 Å². The number of nitrogens with zero attached hydrogens (tertiary/aromatic N) is 1. The van der Waals surface area contributed by atoms with Crippen LogP contribution in [0.15, 0.2) is 48.0 Å². The predicted molar refractivity (Wildman–Crippen MR) is 98.1 cm³/mol. The maximum absolute atomic E-state index is 12.4. The third-order valence-corrected chi connectivity index (χ3v) is 4.84. The normalized spacial score (nSPS) is 18.9. The van der Waals surface area contributed by atoms with Crippen molar-refractivity contribution >= 4 is 39.9 Å². The van der Waals surface area contributed by atoms with Gasteiger partial charge in [0.05, 0.1) is 11.8 Å². The van der Waals surface area contributed by atoms with Gasteiger partial charge in [0.2, 0.25) is 5.91 Å². The molecule has 0 saturated heterocycles. The molecule has 3 rings (SSSR count). The number of anilines is 2. The first kappa shape index (κ1) is 17.8. The van der Waals surface area contributed by atoms with Crippen LogP contribution >= 0.6 is 11.3 Å². The van der Waals surface area contributed by atoms with Gasteiger partial charge in [-0.2, -0.15) is 0 Å². The number of aliphatic carboxylic acids is 1. The van der Waals surface area contributed by atoms with E-state index in [4.69, 9.17) is 0 Å². The first-order valence-corrected chi connectivity index (χ1v) is 8.92. The molecule has 1 heterocycles. The number of benzene rings is 1. The summed E-state index contributed by atoms with van der Waals surface area (Å²) >= 11 is 1.32. The number of nitrogens with one attached hydrogen (secondary N) is 2. The lowest BCUT2D eigenvalue weighted by molar-refractivity contribution is -0.146. The molecule has 2 atom stereocenters. The Morgan fingerprint density at radius 2 is 1.73 bits per heavy atom. The quantitative estimate of drug-likeness (QED) is 0.700. The molecule has 3 N–H and O–H groups in total. The van der Waals surface area contributed by atoms with Gasteiger partial charge in [-0.1, -0.05) is 12.2 Å². The van der Waals surface area contributed by atoms with Crippen molar-refractivity contribution in [3.63, 3.8) is 0 Å². The molecule has 0 fully saturated rings. The van der Waals surface area contributed by atoms with Gasteiger partial charge in [0.1, 0.15) is 0 Å². The summed E-state index contributed by atoms with van der Waals surface area (Å²) in [6.45, 7) is 0. The number of rotatable bonds is 5. The van der Waals surface area contributed by atoms with Crippen LogP contribution < -0.4 is 10.6 Å². The number of allylic oxidation sites excluding steroid dienone is 2. The zero-order valence-electron chi connectivity index (χ0n) is 13.7. The van der Waals surface area contributed by atoms with Crippen molar-refractivity contribution < 1.29 is 19.5 Å². The van der Waals surface area contributed by atoms with Crippen molar-refractivity contribution in [2.45, 2.75) is 12.8 Å². The minimum absolute atomic E-state index is 0.291. The fourth-order valence-corrected chi connectivity index (χ4v) is 3.30. The van der Waals surface area contributed by atoms with Crippen LogP contribution in [0, 0.1) is 11.8 Å². The molecule has 2 aromatic rings. The summed E-state index contributed by atoms with van der Waals surface area (Å²) in [6.07, 6.45) is 5.97. The number of thiazole rings is 1. The maximum atomic E-state index is 12.4. The Morgan fingerprint density at radius 3 is 2.35 bits per heavy atom. The summed E-state index contributed by atoms with van der Waals surface area (Å²) < 4.78 is 0. The highest BCUT2D eigenvalue weighted by atomic mass is 32.1. The molecule has 0 aliphatic heterocycles. The van der Waals surface area contributed by atoms with Crippen LogP contribution in [0.3, 0.4) is 0 Å². The van der Waals surface area contributed by atoms with E-state index in [1.807, 2.05) is 6.08 Å². The van der Waals surface area contributed by atoms with Crippen molar-refractivity contribution in [1.29, 1.82) is 0 Å². The SMILES string of the molecule is O=C(Nc1nccs1)c1ccc(NC(=O)[C@@H]2CC=CC[C@@H]2C(=O)O)cc1. The number of carboxylic acid groups (broad SMARTS) is 1. The van der Waals surface area contributed by atoms with Crippen LogP contribution in [-0.4, -0.2) is 27.9 Å². The molecule has 1 aromatic heterocycles. The van der Waals surface area contributed by atoms with Gasteiger partial charge in [-0.25, -0.2) is 4.98 Å². The fraction of sp³-hybridized carbons (Fsp3) is 0.222. The van der Waals surface area contributed by atoms with Crippen LogP contribution in [0.2, 0.25) is 0 Å². The van der Waals surface area contributed by atoms with Crippen LogP contribution in [0.4, 0.5) is 10.8 Å². The maximum Gasteiger partial charge on any atom is 0.307 e. The van der Waals surface area contributed by atoms with Gasteiger partial charge in [-0.05, 0) is 37.1 Å². The molecule has 8 heteroatoms. The van der Waals surface area contributed by atoms with E-state index in [0.717, 1.165) is 0 Å². The Bertz CT molecular complexity index is 831. The van der Waals surface area contributed by atoms with Gasteiger partial charge in [-0.3, -0.25) is 19.7 Å². The van der Waals surface area contributed by atoms with E-state index in [1.54, 1.807) is 41.9 Å². The van der Waals surface area contributed by atoms with Crippen LogP contribution in [0.1, 0.15) is 23.2 Å². The second-order valence-electron chi connectivity index (χ2n) is 5.85. The molecule has 1 aromatic carbocycles. The number of carboxylic acids is 1. The third kappa shape index (κ3) is 4.15. The zero-order valence-corrected chi connectivity index (χ0v) is 14.5. The topological polar surface area (TPSA) is 108 Å². The predicted octanol–water partition coefficient (Wildman–Crippen LogP) is 3.00. The molecule has 2 amide bonds. The number of carbonyl (C=O) groups is 3. The van der Waals surface area contributed by atoms with Crippen molar-refractivity contribution in [3.05, 3.63) is 53.6 Å². The van der Waals surface area contributed by atoms with Gasteiger partial charge >= 0.3 is 5.97 Å². The lowest BCUT2D eigenvalue weighted by atomic mass is 9.82. The zero-order chi connectivity index (χ0) is 18.5. The third-order valence-electron chi connectivity index (χ3n) is 4.15. The smallest absolute Gasteiger partial charge is 0.307 e. The molecule has 0 bridgehead atoms. The highest BCUT2D eigenvalue weighted by molar-refractivity contribution is 7.13. The van der Waals surface area contributed by atoms with Crippen molar-refractivity contribution in [3.8, 4) is 0 Å². The van der Waals surface area contributed by atoms with Crippen LogP contribution in [0.5, 0.6) is 0 Å². The van der Waals surface area contributed by atoms with E-state index in [1.165, 1.54) is 11.3 Å². The number of hydrogen-bond acceptors (Lipinski definition) is 5. The lowest BCUT2D eigenvalue weighted by Crippen LogP contribution is -2.34. The lowest BCUT2D eigenvalue weighted by Gasteiger charge is -2.24. The largest absolute Gasteiger partial charge is 0.481 e. The molecule has 134 valence electrons. The second-order valence-corrected chi connectivity index (χ2v) is 6.75. The average Bonchev–Trinajstić information content (AvgIpc) is 3.15. The van der Waals surface area contributed by atoms with Gasteiger partial charge in [0.15, 0.2) is 5.13 Å². The standard InChI is InChI=1S/C18H17N3O4S/c22-15(21-18-19-9-10-26-18)11-5-7-12(8-6-11)20-16(23)13-3-1-2-4-14(13)17(24)25/h1-2,5-10,13-14H,3-4H2,(H,20,23)(H,24,25)(H,19,21,22)/t13-,14+/m1/s1. The minimum Gasteiger partial charge on any atom is -0.481 e. The Labute approximate surface area is 153 Å². The van der Waals surface area contributed by atoms with E-state index in [2.05, 4.69) is 15.6 Å². The molecule has 0 unspecified atom stereocenters. The van der Waals surface area contributed by atoms with Gasteiger partial charge < -0.3 is 10.4 Å². The van der Waals surface area contributed by atoms with E-state index >= 15 is 0 Å². The van der Waals surface area contributed by atoms with Gasteiger partial charge in [0.25, 0.3) is 5.91 Å². The fourth-order valence-electron chi connectivity index (χ4n) is 2.77. The Balaban J connectivity index is 1.63. The number of amides is 2. The first-order valence-electron chi connectivity index (χ1n) is 8.04. The summed E-state index contributed by atoms with van der Waals surface area (Å²) in [5.74, 6) is -2.92. The van der Waals surface area contributed by atoms with E-state index in [0.29, 0.717) is 29.2 Å². The Hall–Kier alpha value is -3.00. The number of aromatic nitrogens is 1. The van der Waals surface area contributed by atoms with E-state index in [9.17, 15) is 19.5 Å². The number of carbonyl (C=O) groups excluding carboxylic acids is 2. The average molecular weight is 371 g/mol. The Morgan fingerprint density at radius 1 is 1.04 bits per heavy atom. The molecule has 1 aliphatic carbocycles. The highest BCUT2D eigenvalue weighted by Crippen LogP contribution is 2.27. The molecule has 0 radical (unpaired) electrons. The van der Waals surface area contributed by atoms with E-state index in [-0.39, 0.29) is 11.8 Å². The minimum atomic E-state index is -0.969. The summed E-state index contributed by atoms with van der Waals surface area (Å²) in [5, 5.41) is 16.9. The van der Waals surface area contributed by atoms with Crippen molar-refractivity contribution in [2.24, 2.45) is 11.8 Å². The summed E-state index contributed by atoms with van der Waals surface area (Å²) in [7, 11) is 0. The first-order chi connectivity index (χ1) is 12.5. The monoisotopic (exact) mass is 371 g/mol. The van der Waals surface area contributed by atoms with E-state index < -0.39 is 17.8 Å². The molecular formula is C18H17N3O4S. The van der Waals surface area contributed by atoms with Crippen LogP contribution in [-0.2, 0) is 9.59 Å². The molecule has 0 spiro atoms. The molecular weight excluding hydrogens is 354 g/mol. The summed E-state index contributed by atoms with van der Waals surface area (Å²) in [5.41, 5.74) is 0.946. The van der Waals surface area contributed by atoms with Gasteiger partial charge in [0, 0.05) is 22.8 Å². The van der Waals surface area contributed by atoms with Gasteiger partial charge in [-0.15, -0.1) is 11.3 Å². The van der Waals surface area contributed by atoms with Crippen molar-refractivity contribution in [2.75, 3.05) is 10.6 Å². The second kappa shape index (κ2) is 7.92. The molecule has 1 aliphatic rings. The Kier molecular flexibility index (Phi) is 5.43. The summed E-state index contributed by atoms with van der Waals surface area (Å²) in [6, 6.07) is 6.41. The summed E-state index contributed by atoms with van der Waals surface area (Å²) in [4.78, 5) is 39.8. The highest BCUT2D eigenvalue weighted by Gasteiger charge is 2.33. The number of hydrogen-bond donors (Lipinski definition) is 3. The van der Waals surface area contributed by atoms with Crippen molar-refractivity contribution in [1.82, 2.24) is 4.98 Å².